The van der Waals surface area contributed by atoms with E-state index in [1.54, 1.807) is 0 Å². The van der Waals surface area contributed by atoms with E-state index in [4.69, 9.17) is 9.47 Å². The Morgan fingerprint density at radius 3 is 2.69 bits per heavy atom. The van der Waals surface area contributed by atoms with Gasteiger partial charge in [-0.05, 0) is 38.5 Å². The Hall–Kier alpha value is -2.90. The van der Waals surface area contributed by atoms with Crippen molar-refractivity contribution in [3.63, 3.8) is 0 Å². The van der Waals surface area contributed by atoms with Crippen LogP contribution in [0, 0.1) is 6.92 Å². The molecule has 1 aliphatic rings. The average Bonchev–Trinajstić information content (AvgIpc) is 3.36. The topological polar surface area (TPSA) is 72.5 Å². The molecule has 2 N–H and O–H groups in total. The number of carbonyl (C=O) groups excluding carboxylic acids is 1. The number of carbonyl (C=O) groups is 1. The molecule has 0 fully saturated rings. The van der Waals surface area contributed by atoms with Crippen LogP contribution < -0.4 is 20.1 Å². The average molecular weight is 410 g/mol. The Bertz CT molecular complexity index is 1030. The van der Waals surface area contributed by atoms with Crippen molar-refractivity contribution in [3.8, 4) is 22.8 Å². The molecule has 0 aliphatic carbocycles. The Morgan fingerprint density at radius 2 is 1.90 bits per heavy atom. The van der Waals surface area contributed by atoms with Gasteiger partial charge in [0.15, 0.2) is 16.6 Å². The molecule has 3 aromatic rings. The second kappa shape index (κ2) is 7.85. The number of fused-ring (bicyclic) bond motifs is 1. The van der Waals surface area contributed by atoms with E-state index < -0.39 is 5.54 Å². The van der Waals surface area contributed by atoms with Crippen LogP contribution >= 0.6 is 11.3 Å². The van der Waals surface area contributed by atoms with Crippen molar-refractivity contribution in [3.05, 3.63) is 59.0 Å². The maximum absolute atomic E-state index is 12.4. The maximum Gasteiger partial charge on any atom is 0.240 e. The molecule has 29 heavy (non-hydrogen) atoms. The molecule has 1 amide bonds. The molecule has 0 atom stereocenters. The molecule has 0 radical (unpaired) electrons. The van der Waals surface area contributed by atoms with Crippen LogP contribution in [-0.2, 0) is 10.3 Å². The number of aromatic nitrogens is 1. The van der Waals surface area contributed by atoms with Crippen molar-refractivity contribution >= 4 is 22.4 Å². The van der Waals surface area contributed by atoms with E-state index >= 15 is 0 Å². The number of amides is 1. The lowest BCUT2D eigenvalue weighted by molar-refractivity contribution is -0.115. The number of aryl methyl sites for hydroxylation is 1. The summed E-state index contributed by atoms with van der Waals surface area (Å²) in [5.41, 5.74) is 3.71. The van der Waals surface area contributed by atoms with E-state index in [1.165, 1.54) is 16.9 Å². The minimum absolute atomic E-state index is 0.136. The number of rotatable bonds is 6. The number of anilines is 1. The molecule has 1 aliphatic heterocycles. The summed E-state index contributed by atoms with van der Waals surface area (Å²) in [5.74, 6) is 1.34. The summed E-state index contributed by atoms with van der Waals surface area (Å²) in [4.78, 5) is 16.9. The molecule has 0 bridgehead atoms. The summed E-state index contributed by atoms with van der Waals surface area (Å²) in [7, 11) is 0. The van der Waals surface area contributed by atoms with Crippen LogP contribution in [0.1, 0.15) is 25.0 Å². The number of nitrogens with one attached hydrogen (secondary N) is 2. The predicted molar refractivity (Wildman–Crippen MR) is 115 cm³/mol. The van der Waals surface area contributed by atoms with Gasteiger partial charge in [0.1, 0.15) is 0 Å². The first kappa shape index (κ1) is 19.4. The van der Waals surface area contributed by atoms with Crippen LogP contribution in [0.2, 0.25) is 0 Å². The molecule has 0 spiro atoms. The minimum Gasteiger partial charge on any atom is -0.454 e. The van der Waals surface area contributed by atoms with Gasteiger partial charge in [0, 0.05) is 16.5 Å². The van der Waals surface area contributed by atoms with E-state index in [-0.39, 0.29) is 19.2 Å². The van der Waals surface area contributed by atoms with E-state index in [1.807, 2.05) is 49.6 Å². The van der Waals surface area contributed by atoms with Gasteiger partial charge in [0.2, 0.25) is 12.7 Å². The fourth-order valence-corrected chi connectivity index (χ4v) is 3.78. The molecule has 1 aromatic heterocycles. The second-order valence-corrected chi connectivity index (χ2v) is 8.36. The SMILES string of the molecule is Cc1ccc(-c2csc(NC(=O)CNC(C)(C)c3ccc4c(c3)OCO4)n2)cc1. The van der Waals surface area contributed by atoms with Gasteiger partial charge in [-0.3, -0.25) is 10.1 Å². The predicted octanol–water partition coefficient (Wildman–Crippen LogP) is 4.31. The number of hydrogen-bond acceptors (Lipinski definition) is 6. The van der Waals surface area contributed by atoms with Gasteiger partial charge in [0.05, 0.1) is 12.2 Å². The molecule has 2 aromatic carbocycles. The standard InChI is InChI=1S/C22H23N3O3S/c1-14-4-6-15(7-5-14)17-12-29-21(24-17)25-20(26)11-23-22(2,3)16-8-9-18-19(10-16)28-13-27-18/h4-10,12,23H,11,13H2,1-3H3,(H,24,25,26). The summed E-state index contributed by atoms with van der Waals surface area (Å²) < 4.78 is 10.8. The molecular formula is C22H23N3O3S. The van der Waals surface area contributed by atoms with Gasteiger partial charge >= 0.3 is 0 Å². The van der Waals surface area contributed by atoms with E-state index in [0.29, 0.717) is 5.13 Å². The van der Waals surface area contributed by atoms with Gasteiger partial charge in [-0.15, -0.1) is 11.3 Å². The molecule has 150 valence electrons. The lowest BCUT2D eigenvalue weighted by Gasteiger charge is -2.27. The Balaban J connectivity index is 1.35. The van der Waals surface area contributed by atoms with Crippen molar-refractivity contribution in [1.82, 2.24) is 10.3 Å². The maximum atomic E-state index is 12.4. The van der Waals surface area contributed by atoms with Crippen LogP contribution in [0.15, 0.2) is 47.8 Å². The van der Waals surface area contributed by atoms with Gasteiger partial charge in [0.25, 0.3) is 0 Å². The summed E-state index contributed by atoms with van der Waals surface area (Å²) in [6.07, 6.45) is 0. The van der Waals surface area contributed by atoms with Crippen molar-refractivity contribution in [2.45, 2.75) is 26.3 Å². The number of benzene rings is 2. The summed E-state index contributed by atoms with van der Waals surface area (Å²) in [6, 6.07) is 14.0. The van der Waals surface area contributed by atoms with Crippen molar-refractivity contribution in [2.24, 2.45) is 0 Å². The van der Waals surface area contributed by atoms with Crippen LogP contribution in [-0.4, -0.2) is 24.2 Å². The van der Waals surface area contributed by atoms with Crippen LogP contribution in [0.4, 0.5) is 5.13 Å². The fraction of sp³-hybridized carbons (Fsp3) is 0.273. The zero-order chi connectivity index (χ0) is 20.4. The summed E-state index contributed by atoms with van der Waals surface area (Å²) in [6.45, 7) is 6.51. The zero-order valence-electron chi connectivity index (χ0n) is 16.6. The largest absolute Gasteiger partial charge is 0.454 e. The first-order valence-corrected chi connectivity index (χ1v) is 10.3. The molecule has 0 saturated carbocycles. The quantitative estimate of drug-likeness (QED) is 0.635. The van der Waals surface area contributed by atoms with Crippen LogP contribution in [0.5, 0.6) is 11.5 Å². The summed E-state index contributed by atoms with van der Waals surface area (Å²) >= 11 is 1.42. The van der Waals surface area contributed by atoms with Crippen LogP contribution in [0.25, 0.3) is 11.3 Å². The summed E-state index contributed by atoms with van der Waals surface area (Å²) in [5, 5.41) is 8.71. The molecule has 0 unspecified atom stereocenters. The first-order chi connectivity index (χ1) is 13.9. The zero-order valence-corrected chi connectivity index (χ0v) is 17.4. The van der Waals surface area contributed by atoms with Crippen molar-refractivity contribution < 1.29 is 14.3 Å². The molecule has 4 rings (SSSR count). The first-order valence-electron chi connectivity index (χ1n) is 9.38. The third kappa shape index (κ3) is 4.41. The van der Waals surface area contributed by atoms with Crippen molar-refractivity contribution in [2.75, 3.05) is 18.7 Å². The van der Waals surface area contributed by atoms with Gasteiger partial charge in [-0.25, -0.2) is 4.98 Å². The van der Waals surface area contributed by atoms with E-state index in [9.17, 15) is 4.79 Å². The highest BCUT2D eigenvalue weighted by atomic mass is 32.1. The fourth-order valence-electron chi connectivity index (χ4n) is 3.04. The highest BCUT2D eigenvalue weighted by Gasteiger charge is 2.24. The lowest BCUT2D eigenvalue weighted by Crippen LogP contribution is -2.41. The highest BCUT2D eigenvalue weighted by molar-refractivity contribution is 7.14. The van der Waals surface area contributed by atoms with Crippen LogP contribution in [0.3, 0.4) is 0 Å². The number of hydrogen-bond donors (Lipinski definition) is 2. The lowest BCUT2D eigenvalue weighted by atomic mass is 9.94. The molecule has 6 nitrogen and oxygen atoms in total. The highest BCUT2D eigenvalue weighted by Crippen LogP contribution is 2.35. The molecular weight excluding hydrogens is 386 g/mol. The Morgan fingerprint density at radius 1 is 1.14 bits per heavy atom. The van der Waals surface area contributed by atoms with Gasteiger partial charge < -0.3 is 14.8 Å². The number of thiazole rings is 1. The molecule has 0 saturated heterocycles. The molecule has 2 heterocycles. The normalized spacial score (nSPS) is 12.8. The minimum atomic E-state index is -0.408. The second-order valence-electron chi connectivity index (χ2n) is 7.50. The molecule has 7 heteroatoms. The van der Waals surface area contributed by atoms with Gasteiger partial charge in [-0.2, -0.15) is 0 Å². The van der Waals surface area contributed by atoms with E-state index in [0.717, 1.165) is 28.3 Å². The van der Waals surface area contributed by atoms with Crippen molar-refractivity contribution in [1.29, 1.82) is 0 Å². The smallest absolute Gasteiger partial charge is 0.240 e. The Kier molecular flexibility index (Phi) is 5.25. The third-order valence-electron chi connectivity index (χ3n) is 4.88. The number of ether oxygens (including phenoxy) is 2. The number of nitrogens with zero attached hydrogens (tertiary/aromatic N) is 1. The van der Waals surface area contributed by atoms with E-state index in [2.05, 4.69) is 34.7 Å². The monoisotopic (exact) mass is 409 g/mol. The van der Waals surface area contributed by atoms with Gasteiger partial charge in [-0.1, -0.05) is 35.9 Å². The third-order valence-corrected chi connectivity index (χ3v) is 5.64. The Labute approximate surface area is 173 Å².